The number of nitrogens with zero attached hydrogens (tertiary/aromatic N) is 3. The molecule has 0 amide bonds. The molecular weight excluding hydrogens is 379 g/mol. The first-order valence-corrected chi connectivity index (χ1v) is 9.70. The molecule has 1 aromatic heterocycles. The molecule has 2 heterocycles. The molecule has 0 spiro atoms. The van der Waals surface area contributed by atoms with E-state index in [-0.39, 0.29) is 17.6 Å². The number of phenols is 1. The largest absolute Gasteiger partial charge is 0.508 e. The number of rotatable bonds is 4. The fraction of sp³-hybridized carbons (Fsp3) is 0.0833. The monoisotopic (exact) mass is 398 g/mol. The lowest BCUT2D eigenvalue weighted by Crippen LogP contribution is -2.10. The first kappa shape index (κ1) is 18.1. The smallest absolute Gasteiger partial charge is 0.123 e. The molecule has 0 saturated carbocycles. The number of halogens is 1. The van der Waals surface area contributed by atoms with Crippen LogP contribution in [0.25, 0.3) is 16.9 Å². The minimum atomic E-state index is -0.278. The predicted molar refractivity (Wildman–Crippen MR) is 114 cm³/mol. The Kier molecular flexibility index (Phi) is 4.52. The molecule has 30 heavy (non-hydrogen) atoms. The number of aromatic hydroxyl groups is 1. The van der Waals surface area contributed by atoms with Crippen LogP contribution in [-0.2, 0) is 0 Å². The van der Waals surface area contributed by atoms with Crippen molar-refractivity contribution in [3.05, 3.63) is 102 Å². The van der Waals surface area contributed by atoms with Crippen molar-refractivity contribution in [3.63, 3.8) is 0 Å². The van der Waals surface area contributed by atoms with Gasteiger partial charge in [-0.1, -0.05) is 18.2 Å². The Bertz CT molecular complexity index is 1200. The van der Waals surface area contributed by atoms with Gasteiger partial charge in [0.1, 0.15) is 11.6 Å². The van der Waals surface area contributed by atoms with Crippen molar-refractivity contribution in [3.8, 4) is 22.7 Å². The molecule has 2 N–H and O–H groups in total. The molecule has 0 radical (unpaired) electrons. The van der Waals surface area contributed by atoms with Crippen LogP contribution in [-0.4, -0.2) is 20.6 Å². The normalized spacial score (nSPS) is 15.6. The average molecular weight is 398 g/mol. The van der Waals surface area contributed by atoms with Crippen LogP contribution in [0, 0.1) is 5.82 Å². The highest BCUT2D eigenvalue weighted by Crippen LogP contribution is 2.33. The van der Waals surface area contributed by atoms with Crippen LogP contribution in [0.4, 0.5) is 4.39 Å². The summed E-state index contributed by atoms with van der Waals surface area (Å²) >= 11 is 0. The fourth-order valence-electron chi connectivity index (χ4n) is 3.64. The summed E-state index contributed by atoms with van der Waals surface area (Å²) in [5.74, 6) is -0.0516. The van der Waals surface area contributed by atoms with E-state index in [2.05, 4.69) is 10.5 Å². The number of nitrogens with one attached hydrogen (secondary N) is 1. The van der Waals surface area contributed by atoms with Gasteiger partial charge in [0.15, 0.2) is 0 Å². The lowest BCUT2D eigenvalue weighted by molar-refractivity contribution is 0.475. The summed E-state index contributed by atoms with van der Waals surface area (Å²) in [6, 6.07) is 23.2. The first-order chi connectivity index (χ1) is 14.7. The van der Waals surface area contributed by atoms with Gasteiger partial charge in [-0.15, -0.1) is 0 Å². The van der Waals surface area contributed by atoms with E-state index < -0.39 is 0 Å². The van der Waals surface area contributed by atoms with Gasteiger partial charge in [0.2, 0.25) is 0 Å². The standard InChI is InChI=1S/C24H19FN4O/c25-18-10-6-17(7-11-18)24-21(15-29(28-24)19-4-2-1-3-5-19)23-14-22(26-27-23)16-8-12-20(30)13-9-16/h1-13,15,23,27,30H,14H2. The van der Waals surface area contributed by atoms with Crippen molar-refractivity contribution in [2.75, 3.05) is 0 Å². The molecule has 4 aromatic rings. The van der Waals surface area contributed by atoms with E-state index >= 15 is 0 Å². The summed E-state index contributed by atoms with van der Waals surface area (Å²) in [6.07, 6.45) is 2.68. The quantitative estimate of drug-likeness (QED) is 0.518. The van der Waals surface area contributed by atoms with Crippen LogP contribution < -0.4 is 5.43 Å². The van der Waals surface area contributed by atoms with E-state index in [0.29, 0.717) is 6.42 Å². The maximum absolute atomic E-state index is 13.5. The second kappa shape index (κ2) is 7.48. The van der Waals surface area contributed by atoms with Crippen LogP contribution in [0.1, 0.15) is 23.6 Å². The summed E-state index contributed by atoms with van der Waals surface area (Å²) in [5, 5.41) is 18.8. The third kappa shape index (κ3) is 3.43. The minimum Gasteiger partial charge on any atom is -0.508 e. The molecule has 1 unspecified atom stereocenters. The summed E-state index contributed by atoms with van der Waals surface area (Å²) in [6.45, 7) is 0. The van der Waals surface area contributed by atoms with Gasteiger partial charge in [-0.25, -0.2) is 9.07 Å². The van der Waals surface area contributed by atoms with Crippen LogP contribution in [0.5, 0.6) is 5.75 Å². The summed E-state index contributed by atoms with van der Waals surface area (Å²) in [4.78, 5) is 0. The molecular formula is C24H19FN4O. The summed E-state index contributed by atoms with van der Waals surface area (Å²) in [7, 11) is 0. The Labute approximate surface area is 173 Å². The second-order valence-electron chi connectivity index (χ2n) is 7.21. The Hall–Kier alpha value is -3.93. The van der Waals surface area contributed by atoms with Gasteiger partial charge < -0.3 is 10.5 Å². The van der Waals surface area contributed by atoms with Crippen LogP contribution >= 0.6 is 0 Å². The molecule has 1 aliphatic rings. The van der Waals surface area contributed by atoms with E-state index in [0.717, 1.165) is 33.8 Å². The van der Waals surface area contributed by atoms with Crippen molar-refractivity contribution in [2.24, 2.45) is 5.10 Å². The van der Waals surface area contributed by atoms with E-state index in [1.165, 1.54) is 12.1 Å². The van der Waals surface area contributed by atoms with Gasteiger partial charge in [-0.3, -0.25) is 0 Å². The predicted octanol–water partition coefficient (Wildman–Crippen LogP) is 4.82. The third-order valence-electron chi connectivity index (χ3n) is 5.21. The number of benzene rings is 3. The number of aromatic nitrogens is 2. The molecule has 3 aromatic carbocycles. The Morgan fingerprint density at radius 2 is 1.60 bits per heavy atom. The minimum absolute atomic E-state index is 0.0636. The second-order valence-corrected chi connectivity index (χ2v) is 7.21. The van der Waals surface area contributed by atoms with Crippen molar-refractivity contribution < 1.29 is 9.50 Å². The highest BCUT2D eigenvalue weighted by molar-refractivity contribution is 6.02. The van der Waals surface area contributed by atoms with Gasteiger partial charge in [0, 0.05) is 23.7 Å². The molecule has 0 aliphatic carbocycles. The lowest BCUT2D eigenvalue weighted by Gasteiger charge is -2.10. The number of phenolic OH excluding ortho intramolecular Hbond substituents is 1. The Morgan fingerprint density at radius 3 is 2.33 bits per heavy atom. The van der Waals surface area contributed by atoms with E-state index in [9.17, 15) is 9.50 Å². The fourth-order valence-corrected chi connectivity index (χ4v) is 3.64. The van der Waals surface area contributed by atoms with Crippen molar-refractivity contribution in [1.82, 2.24) is 15.2 Å². The van der Waals surface area contributed by atoms with Gasteiger partial charge in [-0.05, 0) is 66.2 Å². The highest BCUT2D eigenvalue weighted by Gasteiger charge is 2.26. The number of hydrogen-bond donors (Lipinski definition) is 2. The SMILES string of the molecule is Oc1ccc(C2=NNC(c3cn(-c4ccccc4)nc3-c3ccc(F)cc3)C2)cc1. The summed E-state index contributed by atoms with van der Waals surface area (Å²) in [5.41, 5.74) is 8.67. The zero-order chi connectivity index (χ0) is 20.5. The molecule has 1 aliphatic heterocycles. The van der Waals surface area contributed by atoms with Gasteiger partial charge >= 0.3 is 0 Å². The molecule has 0 fully saturated rings. The topological polar surface area (TPSA) is 62.4 Å². The van der Waals surface area contributed by atoms with Crippen LogP contribution in [0.3, 0.4) is 0 Å². The van der Waals surface area contributed by atoms with Gasteiger partial charge in [0.05, 0.1) is 23.1 Å². The van der Waals surface area contributed by atoms with Gasteiger partial charge in [-0.2, -0.15) is 10.2 Å². The van der Waals surface area contributed by atoms with Gasteiger partial charge in [0.25, 0.3) is 0 Å². The third-order valence-corrected chi connectivity index (χ3v) is 5.21. The molecule has 148 valence electrons. The van der Waals surface area contributed by atoms with Crippen LogP contribution in [0.2, 0.25) is 0 Å². The maximum Gasteiger partial charge on any atom is 0.123 e. The number of para-hydroxylation sites is 1. The first-order valence-electron chi connectivity index (χ1n) is 9.70. The molecule has 5 nitrogen and oxygen atoms in total. The summed E-state index contributed by atoms with van der Waals surface area (Å²) < 4.78 is 15.3. The Morgan fingerprint density at radius 1 is 0.900 bits per heavy atom. The zero-order valence-electron chi connectivity index (χ0n) is 16.0. The molecule has 1 atom stereocenters. The zero-order valence-corrected chi connectivity index (χ0v) is 16.0. The number of hydrogen-bond acceptors (Lipinski definition) is 4. The number of hydrazone groups is 1. The molecule has 0 saturated heterocycles. The molecule has 6 heteroatoms. The van der Waals surface area contributed by atoms with Crippen molar-refractivity contribution in [2.45, 2.75) is 12.5 Å². The van der Waals surface area contributed by atoms with E-state index in [4.69, 9.17) is 5.10 Å². The lowest BCUT2D eigenvalue weighted by atomic mass is 9.97. The van der Waals surface area contributed by atoms with Crippen molar-refractivity contribution >= 4 is 5.71 Å². The maximum atomic E-state index is 13.5. The van der Waals surface area contributed by atoms with E-state index in [1.807, 2.05) is 53.3 Å². The van der Waals surface area contributed by atoms with Crippen LogP contribution in [0.15, 0.2) is 90.2 Å². The average Bonchev–Trinajstić information content (AvgIpc) is 3.43. The van der Waals surface area contributed by atoms with Crippen molar-refractivity contribution in [1.29, 1.82) is 0 Å². The highest BCUT2D eigenvalue weighted by atomic mass is 19.1. The Balaban J connectivity index is 1.51. The molecule has 0 bridgehead atoms. The molecule has 5 rings (SSSR count). The van der Waals surface area contributed by atoms with E-state index in [1.54, 1.807) is 24.3 Å².